The van der Waals surface area contributed by atoms with Gasteiger partial charge >= 0.3 is 6.09 Å². The summed E-state index contributed by atoms with van der Waals surface area (Å²) >= 11 is 0. The van der Waals surface area contributed by atoms with Gasteiger partial charge in [0.2, 0.25) is 5.91 Å². The van der Waals surface area contributed by atoms with Crippen molar-refractivity contribution in [2.75, 3.05) is 25.1 Å². The number of aromatic nitrogens is 3. The quantitative estimate of drug-likeness (QED) is 0.261. The van der Waals surface area contributed by atoms with Gasteiger partial charge in [-0.05, 0) is 115 Å². The molecular weight excluding hydrogens is 622 g/mol. The molecule has 7 rings (SSSR count). The van der Waals surface area contributed by atoms with Crippen LogP contribution in [-0.2, 0) is 9.53 Å². The molecule has 2 atom stereocenters. The first kappa shape index (κ1) is 33.5. The molecule has 3 aromatic heterocycles. The highest BCUT2D eigenvalue weighted by molar-refractivity contribution is 5.94. The minimum Gasteiger partial charge on any atom is -0.495 e. The molecule has 0 spiro atoms. The summed E-state index contributed by atoms with van der Waals surface area (Å²) in [6.45, 7) is 4.83. The minimum absolute atomic E-state index is 0.0403. The van der Waals surface area contributed by atoms with Gasteiger partial charge in [-0.1, -0.05) is 0 Å². The summed E-state index contributed by atoms with van der Waals surface area (Å²) < 4.78 is 17.1. The maximum absolute atomic E-state index is 14.4. The van der Waals surface area contributed by atoms with E-state index in [-0.39, 0.29) is 30.1 Å². The summed E-state index contributed by atoms with van der Waals surface area (Å²) in [6.07, 6.45) is 11.8. The van der Waals surface area contributed by atoms with Crippen molar-refractivity contribution in [1.82, 2.24) is 19.9 Å². The first-order valence-electron chi connectivity index (χ1n) is 18.2. The average molecular weight is 672 g/mol. The number of aliphatic hydroxyl groups excluding tert-OH is 1. The van der Waals surface area contributed by atoms with Crippen molar-refractivity contribution in [2.24, 2.45) is 11.8 Å². The Morgan fingerprint density at radius 2 is 1.76 bits per heavy atom. The largest absolute Gasteiger partial charge is 0.495 e. The number of hydrogen-bond donors (Lipinski definition) is 1. The van der Waals surface area contributed by atoms with Gasteiger partial charge in [-0.15, -0.1) is 0 Å². The summed E-state index contributed by atoms with van der Waals surface area (Å²) in [6, 6.07) is 7.96. The predicted octanol–water partition coefficient (Wildman–Crippen LogP) is 6.78. The number of carbonyl (C=O) groups excluding carboxylic acids is 2. The Bertz CT molecular complexity index is 1620. The third-order valence-electron chi connectivity index (χ3n) is 11.1. The number of pyridine rings is 2. The second-order valence-electron chi connectivity index (χ2n) is 14.7. The molecule has 0 radical (unpaired) electrons. The molecule has 11 nitrogen and oxygen atoms in total. The van der Waals surface area contributed by atoms with Crippen molar-refractivity contribution in [3.63, 3.8) is 0 Å². The van der Waals surface area contributed by atoms with E-state index in [9.17, 15) is 14.7 Å². The van der Waals surface area contributed by atoms with E-state index in [1.807, 2.05) is 36.9 Å². The number of amides is 2. The SMILES string of the molecule is COc1ccc(C2CCC(CN(C(=O)C3CCC(OC(=O)N4C[C@H](O)C[C@H]4C)CC3)c3cc(-c4coc(C5CC5)n4)ccn3)CC2)nc1C. The number of hydrogen-bond acceptors (Lipinski definition) is 9. The molecule has 1 saturated heterocycles. The summed E-state index contributed by atoms with van der Waals surface area (Å²) in [4.78, 5) is 45.1. The molecule has 11 heteroatoms. The molecule has 1 aliphatic heterocycles. The van der Waals surface area contributed by atoms with Crippen molar-refractivity contribution >= 4 is 17.8 Å². The van der Waals surface area contributed by atoms with Gasteiger partial charge in [0, 0.05) is 47.8 Å². The van der Waals surface area contributed by atoms with E-state index < -0.39 is 6.10 Å². The van der Waals surface area contributed by atoms with Gasteiger partial charge in [0.1, 0.15) is 29.6 Å². The Kier molecular flexibility index (Phi) is 9.89. The molecule has 0 unspecified atom stereocenters. The maximum atomic E-state index is 14.4. The number of likely N-dealkylation sites (tertiary alicyclic amines) is 1. The molecule has 1 N–H and O–H groups in total. The first-order chi connectivity index (χ1) is 23.7. The van der Waals surface area contributed by atoms with Gasteiger partial charge in [-0.25, -0.2) is 14.8 Å². The molecular formula is C38H49N5O6. The van der Waals surface area contributed by atoms with Gasteiger partial charge in [0.25, 0.3) is 0 Å². The maximum Gasteiger partial charge on any atom is 0.410 e. The summed E-state index contributed by atoms with van der Waals surface area (Å²) in [7, 11) is 1.67. The van der Waals surface area contributed by atoms with Gasteiger partial charge in [0.15, 0.2) is 5.89 Å². The van der Waals surface area contributed by atoms with Crippen molar-refractivity contribution < 1.29 is 28.6 Å². The van der Waals surface area contributed by atoms with Crippen LogP contribution in [0.25, 0.3) is 11.3 Å². The molecule has 2 amide bonds. The molecule has 3 aromatic rings. The predicted molar refractivity (Wildman–Crippen MR) is 183 cm³/mol. The van der Waals surface area contributed by atoms with Gasteiger partial charge in [0.05, 0.1) is 25.5 Å². The molecule has 0 bridgehead atoms. The second kappa shape index (κ2) is 14.5. The number of rotatable bonds is 9. The van der Waals surface area contributed by atoms with Crippen LogP contribution in [0.4, 0.5) is 10.6 Å². The number of anilines is 1. The Morgan fingerprint density at radius 1 is 1.00 bits per heavy atom. The van der Waals surface area contributed by atoms with Crippen molar-refractivity contribution in [3.05, 3.63) is 54.0 Å². The van der Waals surface area contributed by atoms with Crippen LogP contribution in [0, 0.1) is 18.8 Å². The number of aryl methyl sites for hydroxylation is 1. The number of ether oxygens (including phenoxy) is 2. The summed E-state index contributed by atoms with van der Waals surface area (Å²) in [5.74, 6) is 3.29. The van der Waals surface area contributed by atoms with E-state index in [2.05, 4.69) is 6.07 Å². The van der Waals surface area contributed by atoms with E-state index in [1.54, 1.807) is 24.5 Å². The number of oxazole rings is 1. The highest BCUT2D eigenvalue weighted by Crippen LogP contribution is 2.41. The Morgan fingerprint density at radius 3 is 2.43 bits per heavy atom. The number of aliphatic hydroxyl groups is 1. The fraction of sp³-hybridized carbons (Fsp3) is 0.605. The Balaban J connectivity index is 1.04. The molecule has 4 fully saturated rings. The molecule has 0 aromatic carbocycles. The lowest BCUT2D eigenvalue weighted by molar-refractivity contribution is -0.124. The van der Waals surface area contributed by atoms with Gasteiger partial charge in [-0.2, -0.15) is 0 Å². The molecule has 262 valence electrons. The minimum atomic E-state index is -0.503. The van der Waals surface area contributed by atoms with Gasteiger partial charge < -0.3 is 23.9 Å². The van der Waals surface area contributed by atoms with E-state index in [1.165, 1.54) is 0 Å². The van der Waals surface area contributed by atoms with Gasteiger partial charge in [-0.3, -0.25) is 14.7 Å². The molecule has 3 saturated carbocycles. The number of β-amino-alcohol motifs (C(OH)–C–C–N with tert-alkyl or cyclic N) is 1. The fourth-order valence-corrected chi connectivity index (χ4v) is 7.98. The molecule has 3 aliphatic carbocycles. The van der Waals surface area contributed by atoms with Crippen molar-refractivity contribution in [1.29, 1.82) is 0 Å². The molecule has 4 aliphatic rings. The van der Waals surface area contributed by atoms with E-state index in [4.69, 9.17) is 28.8 Å². The third-order valence-corrected chi connectivity index (χ3v) is 11.1. The van der Waals surface area contributed by atoms with Crippen LogP contribution in [0.1, 0.15) is 107 Å². The zero-order chi connectivity index (χ0) is 34.1. The van der Waals surface area contributed by atoms with Crippen LogP contribution in [-0.4, -0.2) is 75.4 Å². The molecule has 4 heterocycles. The third kappa shape index (κ3) is 7.61. The average Bonchev–Trinajstić information content (AvgIpc) is 3.74. The standard InChI is InChI=1S/C38H49N5O6/c1-23-18-30(44)21-42(23)38(46)49-31-12-10-28(11-13-31)37(45)43(35-19-29(16-17-39-35)33-22-48-36(41-33)27-8-9-27)20-25-4-6-26(7-5-25)32-14-15-34(47-3)24(2)40-32/h14-17,19,22-23,25-28,30-31,44H,4-13,18,20-21H2,1-3H3/t23-,25?,26?,28?,30-,31?/m1/s1. The second-order valence-corrected chi connectivity index (χ2v) is 14.7. The monoisotopic (exact) mass is 671 g/mol. The fourth-order valence-electron chi connectivity index (χ4n) is 7.98. The Labute approximate surface area is 288 Å². The van der Waals surface area contributed by atoms with Crippen molar-refractivity contribution in [2.45, 2.75) is 115 Å². The van der Waals surface area contributed by atoms with Crippen LogP contribution in [0.3, 0.4) is 0 Å². The first-order valence-corrected chi connectivity index (χ1v) is 18.2. The highest BCUT2D eigenvalue weighted by atomic mass is 16.6. The summed E-state index contributed by atoms with van der Waals surface area (Å²) in [5.41, 5.74) is 3.68. The zero-order valence-corrected chi connectivity index (χ0v) is 28.9. The number of carbonyl (C=O) groups is 2. The highest BCUT2D eigenvalue weighted by Gasteiger charge is 2.37. The van der Waals surface area contributed by atoms with Crippen LogP contribution in [0.5, 0.6) is 5.75 Å². The van der Waals surface area contributed by atoms with Crippen molar-refractivity contribution in [3.8, 4) is 17.0 Å². The van der Waals surface area contributed by atoms with Crippen LogP contribution in [0.15, 0.2) is 41.1 Å². The van der Waals surface area contributed by atoms with Crippen LogP contribution >= 0.6 is 0 Å². The lowest BCUT2D eigenvalue weighted by Crippen LogP contribution is -2.43. The summed E-state index contributed by atoms with van der Waals surface area (Å²) in [5, 5.41) is 9.97. The Hall–Kier alpha value is -3.99. The van der Waals surface area contributed by atoms with Crippen LogP contribution in [0.2, 0.25) is 0 Å². The normalized spacial score (nSPS) is 27.1. The van der Waals surface area contributed by atoms with E-state index in [0.29, 0.717) is 68.8 Å². The molecule has 49 heavy (non-hydrogen) atoms. The lowest BCUT2D eigenvalue weighted by Gasteiger charge is -2.36. The lowest BCUT2D eigenvalue weighted by atomic mass is 9.79. The topological polar surface area (TPSA) is 131 Å². The zero-order valence-electron chi connectivity index (χ0n) is 28.9. The van der Waals surface area contributed by atoms with E-state index in [0.717, 1.165) is 72.8 Å². The smallest absolute Gasteiger partial charge is 0.410 e. The van der Waals surface area contributed by atoms with Crippen LogP contribution < -0.4 is 9.64 Å². The number of nitrogens with zero attached hydrogens (tertiary/aromatic N) is 5. The van der Waals surface area contributed by atoms with E-state index >= 15 is 0 Å². The number of methoxy groups -OCH3 is 1.